The van der Waals surface area contributed by atoms with Crippen LogP contribution in [0, 0.1) is 11.3 Å². The summed E-state index contributed by atoms with van der Waals surface area (Å²) >= 11 is 0. The van der Waals surface area contributed by atoms with Gasteiger partial charge in [-0.15, -0.1) is 0 Å². The van der Waals surface area contributed by atoms with Crippen LogP contribution < -0.4 is 10.1 Å². The van der Waals surface area contributed by atoms with Crippen LogP contribution in [0.1, 0.15) is 44.5 Å². The number of carbonyl (C=O) groups excluding carboxylic acids is 1. The molecule has 1 aliphatic heterocycles. The molecular weight excluding hydrogens is 250 g/mol. The minimum atomic E-state index is -0.250. The molecular formula is C17H25NO2. The van der Waals surface area contributed by atoms with Gasteiger partial charge in [0.25, 0.3) is 0 Å². The van der Waals surface area contributed by atoms with Crippen LogP contribution in [-0.4, -0.2) is 25.0 Å². The van der Waals surface area contributed by atoms with Gasteiger partial charge in [-0.25, -0.2) is 0 Å². The molecule has 110 valence electrons. The van der Waals surface area contributed by atoms with Gasteiger partial charge in [0.1, 0.15) is 5.75 Å². The van der Waals surface area contributed by atoms with Crippen LogP contribution in [0.4, 0.5) is 0 Å². The lowest BCUT2D eigenvalue weighted by Gasteiger charge is -2.31. The maximum atomic E-state index is 12.9. The molecule has 0 aromatic heterocycles. The predicted molar refractivity (Wildman–Crippen MR) is 81.3 cm³/mol. The van der Waals surface area contributed by atoms with Crippen LogP contribution in [0.15, 0.2) is 24.3 Å². The molecule has 1 atom stereocenters. The molecule has 1 N–H and O–H groups in total. The van der Waals surface area contributed by atoms with Gasteiger partial charge in [0.15, 0.2) is 5.78 Å². The minimum Gasteiger partial charge on any atom is -0.491 e. The molecule has 0 amide bonds. The summed E-state index contributed by atoms with van der Waals surface area (Å²) in [6.07, 6.45) is 1.07. The number of carbonyl (C=O) groups is 1. The summed E-state index contributed by atoms with van der Waals surface area (Å²) in [5.74, 6) is 1.42. The quantitative estimate of drug-likeness (QED) is 0.838. The lowest BCUT2D eigenvalue weighted by molar-refractivity contribution is 0.0740. The molecule has 1 aliphatic rings. The smallest absolute Gasteiger partial charge is 0.170 e. The third kappa shape index (κ3) is 2.88. The third-order valence-electron chi connectivity index (χ3n) is 4.23. The van der Waals surface area contributed by atoms with Crippen molar-refractivity contribution in [1.29, 1.82) is 0 Å². The Morgan fingerprint density at radius 2 is 1.85 bits per heavy atom. The lowest BCUT2D eigenvalue weighted by Crippen LogP contribution is -2.38. The van der Waals surface area contributed by atoms with Crippen LogP contribution in [0.3, 0.4) is 0 Å². The summed E-state index contributed by atoms with van der Waals surface area (Å²) in [4.78, 5) is 12.9. The molecule has 0 saturated carbocycles. The van der Waals surface area contributed by atoms with Gasteiger partial charge in [-0.2, -0.15) is 0 Å². The first kappa shape index (κ1) is 15.0. The third-order valence-corrected chi connectivity index (χ3v) is 4.23. The monoisotopic (exact) mass is 275 g/mol. The number of rotatable bonds is 5. The van der Waals surface area contributed by atoms with E-state index in [1.807, 2.05) is 38.1 Å². The average molecular weight is 275 g/mol. The SMILES string of the molecule is CC(C)Oc1ccc(C(=O)C2(C(C)C)CCNC2)cc1. The van der Waals surface area contributed by atoms with Crippen LogP contribution in [0.5, 0.6) is 5.75 Å². The Hall–Kier alpha value is -1.35. The number of hydrogen-bond donors (Lipinski definition) is 1. The molecule has 3 heteroatoms. The fourth-order valence-corrected chi connectivity index (χ4v) is 2.90. The lowest BCUT2D eigenvalue weighted by atomic mass is 9.71. The second kappa shape index (κ2) is 5.96. The molecule has 2 rings (SSSR count). The van der Waals surface area contributed by atoms with Gasteiger partial charge in [-0.05, 0) is 57.0 Å². The highest BCUT2D eigenvalue weighted by Crippen LogP contribution is 2.37. The van der Waals surface area contributed by atoms with Crippen molar-refractivity contribution in [2.75, 3.05) is 13.1 Å². The average Bonchev–Trinajstić information content (AvgIpc) is 2.88. The topological polar surface area (TPSA) is 38.3 Å². The van der Waals surface area contributed by atoms with Crippen LogP contribution >= 0.6 is 0 Å². The molecule has 0 aliphatic carbocycles. The summed E-state index contributed by atoms with van der Waals surface area (Å²) < 4.78 is 5.62. The number of nitrogens with one attached hydrogen (secondary N) is 1. The maximum Gasteiger partial charge on any atom is 0.170 e. The fraction of sp³-hybridized carbons (Fsp3) is 0.588. The van der Waals surface area contributed by atoms with Crippen molar-refractivity contribution < 1.29 is 9.53 Å². The molecule has 0 spiro atoms. The van der Waals surface area contributed by atoms with E-state index in [0.29, 0.717) is 5.92 Å². The van der Waals surface area contributed by atoms with Crippen molar-refractivity contribution in [3.05, 3.63) is 29.8 Å². The first-order valence-corrected chi connectivity index (χ1v) is 7.48. The summed E-state index contributed by atoms with van der Waals surface area (Å²) in [7, 11) is 0. The highest BCUT2D eigenvalue weighted by molar-refractivity contribution is 6.01. The van der Waals surface area contributed by atoms with Crippen molar-refractivity contribution >= 4 is 5.78 Å². The number of hydrogen-bond acceptors (Lipinski definition) is 3. The van der Waals surface area contributed by atoms with Gasteiger partial charge in [-0.1, -0.05) is 13.8 Å². The molecule has 1 aromatic rings. The number of ketones is 1. The van der Waals surface area contributed by atoms with Gasteiger partial charge in [-0.3, -0.25) is 4.79 Å². The van der Waals surface area contributed by atoms with Crippen molar-refractivity contribution in [3.63, 3.8) is 0 Å². The second-order valence-corrected chi connectivity index (χ2v) is 6.26. The van der Waals surface area contributed by atoms with E-state index in [1.54, 1.807) is 0 Å². The van der Waals surface area contributed by atoms with E-state index < -0.39 is 0 Å². The van der Waals surface area contributed by atoms with Gasteiger partial charge in [0.2, 0.25) is 0 Å². The van der Waals surface area contributed by atoms with E-state index in [4.69, 9.17) is 4.74 Å². The molecule has 1 fully saturated rings. The van der Waals surface area contributed by atoms with E-state index in [-0.39, 0.29) is 17.3 Å². The van der Waals surface area contributed by atoms with E-state index in [1.165, 1.54) is 0 Å². The van der Waals surface area contributed by atoms with Gasteiger partial charge < -0.3 is 10.1 Å². The van der Waals surface area contributed by atoms with E-state index in [0.717, 1.165) is 30.8 Å². The van der Waals surface area contributed by atoms with E-state index in [2.05, 4.69) is 19.2 Å². The zero-order valence-electron chi connectivity index (χ0n) is 12.9. The fourth-order valence-electron chi connectivity index (χ4n) is 2.90. The Morgan fingerprint density at radius 1 is 1.20 bits per heavy atom. The second-order valence-electron chi connectivity index (χ2n) is 6.26. The van der Waals surface area contributed by atoms with Gasteiger partial charge in [0, 0.05) is 17.5 Å². The first-order chi connectivity index (χ1) is 9.45. The molecule has 1 heterocycles. The zero-order chi connectivity index (χ0) is 14.8. The number of benzene rings is 1. The molecule has 1 saturated heterocycles. The minimum absolute atomic E-state index is 0.151. The standard InChI is InChI=1S/C17H25NO2/c1-12(2)17(9-10-18-11-17)16(19)14-5-7-15(8-6-14)20-13(3)4/h5-8,12-13,18H,9-11H2,1-4H3. The Kier molecular flexibility index (Phi) is 4.48. The molecule has 0 bridgehead atoms. The first-order valence-electron chi connectivity index (χ1n) is 7.48. The van der Waals surface area contributed by atoms with E-state index >= 15 is 0 Å². The Labute approximate surface area is 121 Å². The molecule has 1 aromatic carbocycles. The van der Waals surface area contributed by atoms with Crippen molar-refractivity contribution in [2.24, 2.45) is 11.3 Å². The summed E-state index contributed by atoms with van der Waals surface area (Å²) in [5.41, 5.74) is 0.541. The highest BCUT2D eigenvalue weighted by Gasteiger charge is 2.43. The Bertz CT molecular complexity index is 456. The molecule has 3 nitrogen and oxygen atoms in total. The number of Topliss-reactive ketones (excluding diaryl/α,β-unsaturated/α-hetero) is 1. The van der Waals surface area contributed by atoms with Gasteiger partial charge >= 0.3 is 0 Å². The Balaban J connectivity index is 2.20. The van der Waals surface area contributed by atoms with Crippen LogP contribution in [-0.2, 0) is 0 Å². The van der Waals surface area contributed by atoms with E-state index in [9.17, 15) is 4.79 Å². The highest BCUT2D eigenvalue weighted by atomic mass is 16.5. The van der Waals surface area contributed by atoms with Gasteiger partial charge in [0.05, 0.1) is 6.10 Å². The summed E-state index contributed by atoms with van der Waals surface area (Å²) in [6, 6.07) is 7.57. The largest absolute Gasteiger partial charge is 0.491 e. The predicted octanol–water partition coefficient (Wildman–Crippen LogP) is 3.29. The summed E-state index contributed by atoms with van der Waals surface area (Å²) in [6.45, 7) is 9.99. The number of ether oxygens (including phenoxy) is 1. The summed E-state index contributed by atoms with van der Waals surface area (Å²) in [5, 5.41) is 3.34. The Morgan fingerprint density at radius 3 is 2.30 bits per heavy atom. The maximum absolute atomic E-state index is 12.9. The van der Waals surface area contributed by atoms with Crippen LogP contribution in [0.2, 0.25) is 0 Å². The molecule has 20 heavy (non-hydrogen) atoms. The molecule has 1 unspecified atom stereocenters. The normalized spacial score (nSPS) is 22.5. The zero-order valence-corrected chi connectivity index (χ0v) is 12.9. The van der Waals surface area contributed by atoms with Crippen molar-refractivity contribution in [3.8, 4) is 5.75 Å². The van der Waals surface area contributed by atoms with Crippen molar-refractivity contribution in [1.82, 2.24) is 5.32 Å². The van der Waals surface area contributed by atoms with Crippen LogP contribution in [0.25, 0.3) is 0 Å². The molecule has 0 radical (unpaired) electrons. The van der Waals surface area contributed by atoms with Crippen molar-refractivity contribution in [2.45, 2.75) is 40.2 Å².